The standard InChI is InChI=1S/C14H27N3O5S/c1-4-8-17(23(3,20)21)11-13(18)15-12-6-9-16(10-7-12)14(19)22-5-2/h12H,4-11H2,1-3H3,(H,15,18). The minimum Gasteiger partial charge on any atom is -0.450 e. The topological polar surface area (TPSA) is 96.0 Å². The lowest BCUT2D eigenvalue weighted by Crippen LogP contribution is -2.49. The predicted octanol–water partition coefficient (Wildman–Crippen LogP) is 0.395. The molecular weight excluding hydrogens is 322 g/mol. The highest BCUT2D eigenvalue weighted by molar-refractivity contribution is 7.88. The molecule has 0 saturated carbocycles. The summed E-state index contributed by atoms with van der Waals surface area (Å²) >= 11 is 0. The second kappa shape index (κ2) is 9.07. The van der Waals surface area contributed by atoms with Gasteiger partial charge in [0.1, 0.15) is 0 Å². The molecule has 1 fully saturated rings. The summed E-state index contributed by atoms with van der Waals surface area (Å²) in [6.07, 6.45) is 2.70. The SMILES string of the molecule is CCCN(CC(=O)NC1CCN(C(=O)OCC)CC1)S(C)(=O)=O. The van der Waals surface area contributed by atoms with Gasteiger partial charge in [-0.1, -0.05) is 6.92 Å². The first-order valence-corrected chi connectivity index (χ1v) is 9.78. The molecule has 8 nitrogen and oxygen atoms in total. The van der Waals surface area contributed by atoms with E-state index in [1.807, 2.05) is 6.92 Å². The van der Waals surface area contributed by atoms with Gasteiger partial charge in [0.15, 0.2) is 0 Å². The van der Waals surface area contributed by atoms with Crippen molar-refractivity contribution in [1.29, 1.82) is 0 Å². The van der Waals surface area contributed by atoms with Crippen LogP contribution in [0.2, 0.25) is 0 Å². The van der Waals surface area contributed by atoms with Gasteiger partial charge in [0.2, 0.25) is 15.9 Å². The molecule has 0 radical (unpaired) electrons. The molecule has 0 aromatic carbocycles. The second-order valence-electron chi connectivity index (χ2n) is 5.62. The highest BCUT2D eigenvalue weighted by Gasteiger charge is 2.26. The average Bonchev–Trinajstić information content (AvgIpc) is 2.47. The molecule has 1 aliphatic rings. The quantitative estimate of drug-likeness (QED) is 0.717. The molecule has 0 spiro atoms. The van der Waals surface area contributed by atoms with Crippen LogP contribution < -0.4 is 5.32 Å². The van der Waals surface area contributed by atoms with E-state index in [1.54, 1.807) is 11.8 Å². The fourth-order valence-electron chi connectivity index (χ4n) is 2.47. The van der Waals surface area contributed by atoms with Gasteiger partial charge in [-0.2, -0.15) is 4.31 Å². The molecular formula is C14H27N3O5S. The number of sulfonamides is 1. The molecule has 1 N–H and O–H groups in total. The summed E-state index contributed by atoms with van der Waals surface area (Å²) in [6, 6.07) is -0.0452. The summed E-state index contributed by atoms with van der Waals surface area (Å²) in [4.78, 5) is 25.3. The first-order valence-electron chi connectivity index (χ1n) is 7.94. The molecule has 1 saturated heterocycles. The van der Waals surface area contributed by atoms with Crippen LogP contribution in [0.4, 0.5) is 4.79 Å². The van der Waals surface area contributed by atoms with Crippen molar-refractivity contribution in [3.8, 4) is 0 Å². The molecule has 1 rings (SSSR count). The zero-order valence-electron chi connectivity index (χ0n) is 14.1. The van der Waals surface area contributed by atoms with Crippen LogP contribution in [0.25, 0.3) is 0 Å². The molecule has 134 valence electrons. The van der Waals surface area contributed by atoms with Crippen LogP contribution in [-0.2, 0) is 19.6 Å². The Morgan fingerprint density at radius 2 is 1.87 bits per heavy atom. The van der Waals surface area contributed by atoms with E-state index in [4.69, 9.17) is 4.74 Å². The lowest BCUT2D eigenvalue weighted by atomic mass is 10.1. The van der Waals surface area contributed by atoms with Crippen molar-refractivity contribution in [2.24, 2.45) is 0 Å². The minimum atomic E-state index is -3.39. The molecule has 0 aromatic rings. The summed E-state index contributed by atoms with van der Waals surface area (Å²) in [5.41, 5.74) is 0. The molecule has 9 heteroatoms. The van der Waals surface area contributed by atoms with Gasteiger partial charge in [0, 0.05) is 25.7 Å². The van der Waals surface area contributed by atoms with E-state index >= 15 is 0 Å². The summed E-state index contributed by atoms with van der Waals surface area (Å²) in [5, 5.41) is 2.85. The molecule has 1 heterocycles. The van der Waals surface area contributed by atoms with Gasteiger partial charge >= 0.3 is 6.09 Å². The summed E-state index contributed by atoms with van der Waals surface area (Å²) in [5.74, 6) is -0.307. The van der Waals surface area contributed by atoms with E-state index < -0.39 is 10.0 Å². The van der Waals surface area contributed by atoms with Crippen molar-refractivity contribution in [3.63, 3.8) is 0 Å². The molecule has 1 aliphatic heterocycles. The Morgan fingerprint density at radius 1 is 1.26 bits per heavy atom. The van der Waals surface area contributed by atoms with Gasteiger partial charge in [-0.25, -0.2) is 13.2 Å². The number of nitrogens with zero attached hydrogens (tertiary/aromatic N) is 2. The van der Waals surface area contributed by atoms with Gasteiger partial charge in [0.25, 0.3) is 0 Å². The van der Waals surface area contributed by atoms with Crippen LogP contribution >= 0.6 is 0 Å². The van der Waals surface area contributed by atoms with Gasteiger partial charge in [-0.15, -0.1) is 0 Å². The maximum absolute atomic E-state index is 12.0. The Bertz CT molecular complexity index is 501. The van der Waals surface area contributed by atoms with E-state index in [0.717, 1.165) is 6.26 Å². The van der Waals surface area contributed by atoms with Crippen LogP contribution in [-0.4, -0.2) is 74.7 Å². The van der Waals surface area contributed by atoms with Crippen LogP contribution in [0, 0.1) is 0 Å². The largest absolute Gasteiger partial charge is 0.450 e. The monoisotopic (exact) mass is 349 g/mol. The maximum Gasteiger partial charge on any atom is 0.409 e. The second-order valence-corrected chi connectivity index (χ2v) is 7.61. The highest BCUT2D eigenvalue weighted by Crippen LogP contribution is 2.11. The number of carbonyl (C=O) groups excluding carboxylic acids is 2. The molecule has 0 bridgehead atoms. The molecule has 0 aliphatic carbocycles. The summed E-state index contributed by atoms with van der Waals surface area (Å²) in [6.45, 7) is 5.17. The molecule has 0 atom stereocenters. The van der Waals surface area contributed by atoms with Crippen molar-refractivity contribution >= 4 is 22.0 Å². The predicted molar refractivity (Wildman–Crippen MR) is 86.5 cm³/mol. The zero-order chi connectivity index (χ0) is 17.5. The number of hydrogen-bond donors (Lipinski definition) is 1. The van der Waals surface area contributed by atoms with E-state index in [0.29, 0.717) is 45.5 Å². The fraction of sp³-hybridized carbons (Fsp3) is 0.857. The number of hydrogen-bond acceptors (Lipinski definition) is 5. The number of likely N-dealkylation sites (tertiary alicyclic amines) is 1. The Kier molecular flexibility index (Phi) is 7.77. The number of rotatable bonds is 7. The Hall–Kier alpha value is -1.35. The molecule has 0 unspecified atom stereocenters. The van der Waals surface area contributed by atoms with Crippen LogP contribution in [0.5, 0.6) is 0 Å². The van der Waals surface area contributed by atoms with Crippen LogP contribution in [0.1, 0.15) is 33.1 Å². The van der Waals surface area contributed by atoms with E-state index in [9.17, 15) is 18.0 Å². The fourth-order valence-corrected chi connectivity index (χ4v) is 3.33. The van der Waals surface area contributed by atoms with Gasteiger partial charge in [-0.3, -0.25) is 4.79 Å². The Morgan fingerprint density at radius 3 is 2.35 bits per heavy atom. The van der Waals surface area contributed by atoms with Crippen LogP contribution in [0.3, 0.4) is 0 Å². The number of amides is 2. The third-order valence-electron chi connectivity index (χ3n) is 3.65. The summed E-state index contributed by atoms with van der Waals surface area (Å²) < 4.78 is 29.4. The van der Waals surface area contributed by atoms with E-state index in [-0.39, 0.29) is 24.6 Å². The smallest absolute Gasteiger partial charge is 0.409 e. The van der Waals surface area contributed by atoms with Gasteiger partial charge in [0.05, 0.1) is 19.4 Å². The van der Waals surface area contributed by atoms with Crippen molar-refractivity contribution in [2.75, 3.05) is 39.0 Å². The highest BCUT2D eigenvalue weighted by atomic mass is 32.2. The molecule has 23 heavy (non-hydrogen) atoms. The number of carbonyl (C=O) groups is 2. The van der Waals surface area contributed by atoms with Crippen molar-refractivity contribution in [3.05, 3.63) is 0 Å². The molecule has 2 amide bonds. The number of ether oxygens (including phenoxy) is 1. The first-order chi connectivity index (χ1) is 10.8. The average molecular weight is 349 g/mol. The zero-order valence-corrected chi connectivity index (χ0v) is 14.9. The number of piperidine rings is 1. The van der Waals surface area contributed by atoms with E-state index in [1.165, 1.54) is 4.31 Å². The molecule has 0 aromatic heterocycles. The Labute approximate surface area is 138 Å². The lowest BCUT2D eigenvalue weighted by molar-refractivity contribution is -0.122. The lowest BCUT2D eigenvalue weighted by Gasteiger charge is -2.32. The maximum atomic E-state index is 12.0. The third kappa shape index (κ3) is 6.74. The van der Waals surface area contributed by atoms with E-state index in [2.05, 4.69) is 5.32 Å². The van der Waals surface area contributed by atoms with Crippen molar-refractivity contribution in [1.82, 2.24) is 14.5 Å². The van der Waals surface area contributed by atoms with Crippen molar-refractivity contribution in [2.45, 2.75) is 39.2 Å². The third-order valence-corrected chi connectivity index (χ3v) is 4.90. The Balaban J connectivity index is 2.43. The van der Waals surface area contributed by atoms with Gasteiger partial charge < -0.3 is 15.0 Å². The normalized spacial score (nSPS) is 16.4. The van der Waals surface area contributed by atoms with Crippen molar-refractivity contribution < 1.29 is 22.7 Å². The van der Waals surface area contributed by atoms with Crippen LogP contribution in [0.15, 0.2) is 0 Å². The van der Waals surface area contributed by atoms with Gasteiger partial charge in [-0.05, 0) is 26.2 Å². The minimum absolute atomic E-state index is 0.0452. The number of nitrogens with one attached hydrogen (secondary N) is 1. The summed E-state index contributed by atoms with van der Waals surface area (Å²) in [7, 11) is -3.39. The first kappa shape index (κ1) is 19.7.